The van der Waals surface area contributed by atoms with Gasteiger partial charge < -0.3 is 10.1 Å². The molecule has 1 atom stereocenters. The second kappa shape index (κ2) is 8.57. The number of rotatable bonds is 5. The van der Waals surface area contributed by atoms with Crippen LogP contribution in [0.1, 0.15) is 45.4 Å². The Labute approximate surface area is 173 Å². The number of amides is 1. The van der Waals surface area contributed by atoms with Gasteiger partial charge in [0.2, 0.25) is 0 Å². The summed E-state index contributed by atoms with van der Waals surface area (Å²) in [6.07, 6.45) is 2.96. The second-order valence-electron chi connectivity index (χ2n) is 7.09. The Kier molecular flexibility index (Phi) is 5.71. The van der Waals surface area contributed by atoms with Crippen molar-refractivity contribution in [1.82, 2.24) is 10.3 Å². The lowest BCUT2D eigenvalue weighted by atomic mass is 9.88. The first-order valence-electron chi connectivity index (χ1n) is 9.69. The zero-order valence-electron chi connectivity index (χ0n) is 16.2. The molecule has 1 aliphatic rings. The number of hydrogen-bond donors (Lipinski definition) is 1. The number of carbonyl (C=O) groups is 2. The molecule has 1 N–H and O–H groups in total. The lowest BCUT2D eigenvalue weighted by molar-refractivity contribution is -0.125. The molecule has 0 unspecified atom stereocenters. The van der Waals surface area contributed by atoms with E-state index in [-0.39, 0.29) is 18.6 Å². The fraction of sp³-hybridized carbons (Fsp3) is 0.261. The molecule has 5 nitrogen and oxygen atoms in total. The average molecular weight is 407 g/mol. The molecule has 0 fully saturated rings. The van der Waals surface area contributed by atoms with Crippen LogP contribution in [-0.4, -0.2) is 23.5 Å². The van der Waals surface area contributed by atoms with Gasteiger partial charge >= 0.3 is 5.97 Å². The largest absolute Gasteiger partial charge is 0.451 e. The highest BCUT2D eigenvalue weighted by atomic mass is 32.1. The zero-order valence-corrected chi connectivity index (χ0v) is 17.0. The lowest BCUT2D eigenvalue weighted by Crippen LogP contribution is -2.34. The SMILES string of the molecule is Cc1nc(-c2ccccc2)sc1C(=O)OCC(=O)N[C@@H]1CCCc2ccccc21. The van der Waals surface area contributed by atoms with Crippen LogP contribution in [0.3, 0.4) is 0 Å². The molecule has 0 bridgehead atoms. The molecule has 1 aliphatic carbocycles. The number of carbonyl (C=O) groups excluding carboxylic acids is 2. The van der Waals surface area contributed by atoms with E-state index in [2.05, 4.69) is 22.4 Å². The summed E-state index contributed by atoms with van der Waals surface area (Å²) in [5.41, 5.74) is 3.99. The van der Waals surface area contributed by atoms with Crippen molar-refractivity contribution in [2.75, 3.05) is 6.61 Å². The Hall–Kier alpha value is -2.99. The first-order chi connectivity index (χ1) is 14.1. The van der Waals surface area contributed by atoms with E-state index < -0.39 is 5.97 Å². The van der Waals surface area contributed by atoms with Gasteiger partial charge in [0, 0.05) is 5.56 Å². The van der Waals surface area contributed by atoms with Gasteiger partial charge in [-0.2, -0.15) is 0 Å². The monoisotopic (exact) mass is 406 g/mol. The van der Waals surface area contributed by atoms with Crippen molar-refractivity contribution in [2.24, 2.45) is 0 Å². The van der Waals surface area contributed by atoms with Gasteiger partial charge in [0.1, 0.15) is 9.88 Å². The number of nitrogens with one attached hydrogen (secondary N) is 1. The highest BCUT2D eigenvalue weighted by Gasteiger charge is 2.23. The van der Waals surface area contributed by atoms with Crippen LogP contribution in [-0.2, 0) is 16.0 Å². The maximum atomic E-state index is 12.5. The molecule has 3 aromatic rings. The summed E-state index contributed by atoms with van der Waals surface area (Å²) < 4.78 is 5.27. The number of aromatic nitrogens is 1. The Balaban J connectivity index is 1.37. The third-order valence-corrected chi connectivity index (χ3v) is 6.23. The Bertz CT molecular complexity index is 1030. The number of benzene rings is 2. The van der Waals surface area contributed by atoms with Gasteiger partial charge in [0.15, 0.2) is 6.61 Å². The van der Waals surface area contributed by atoms with Crippen LogP contribution in [0.15, 0.2) is 54.6 Å². The molecular formula is C23H22N2O3S. The molecule has 29 heavy (non-hydrogen) atoms. The highest BCUT2D eigenvalue weighted by molar-refractivity contribution is 7.17. The van der Waals surface area contributed by atoms with Crippen LogP contribution < -0.4 is 5.32 Å². The normalized spacial score (nSPS) is 15.4. The van der Waals surface area contributed by atoms with E-state index >= 15 is 0 Å². The molecule has 2 aromatic carbocycles. The van der Waals surface area contributed by atoms with E-state index in [1.165, 1.54) is 16.9 Å². The minimum absolute atomic E-state index is 0.0269. The predicted octanol–water partition coefficient (Wildman–Crippen LogP) is 4.47. The number of nitrogens with zero attached hydrogens (tertiary/aromatic N) is 1. The van der Waals surface area contributed by atoms with Crippen molar-refractivity contribution < 1.29 is 14.3 Å². The summed E-state index contributed by atoms with van der Waals surface area (Å²) in [4.78, 5) is 29.7. The highest BCUT2D eigenvalue weighted by Crippen LogP contribution is 2.30. The Morgan fingerprint density at radius 3 is 2.72 bits per heavy atom. The maximum absolute atomic E-state index is 12.5. The molecule has 148 valence electrons. The summed E-state index contributed by atoms with van der Waals surface area (Å²) >= 11 is 1.28. The summed E-state index contributed by atoms with van der Waals surface area (Å²) in [6.45, 7) is 1.48. The van der Waals surface area contributed by atoms with E-state index in [1.807, 2.05) is 42.5 Å². The van der Waals surface area contributed by atoms with Gasteiger partial charge in [0.25, 0.3) is 5.91 Å². The average Bonchev–Trinajstić information content (AvgIpc) is 3.15. The second-order valence-corrected chi connectivity index (χ2v) is 8.09. The minimum atomic E-state index is -0.513. The molecule has 6 heteroatoms. The molecule has 1 heterocycles. The van der Waals surface area contributed by atoms with Crippen molar-refractivity contribution in [2.45, 2.75) is 32.2 Å². The van der Waals surface area contributed by atoms with Gasteiger partial charge in [-0.3, -0.25) is 4.79 Å². The van der Waals surface area contributed by atoms with E-state index in [9.17, 15) is 9.59 Å². The van der Waals surface area contributed by atoms with Crippen molar-refractivity contribution >= 4 is 23.2 Å². The standard InChI is InChI=1S/C23H22N2O3S/c1-15-21(29-22(24-15)17-9-3-2-4-10-17)23(27)28-14-20(26)25-19-13-7-11-16-8-5-6-12-18(16)19/h2-6,8-10,12,19H,7,11,13-14H2,1H3,(H,25,26)/t19-/m1/s1. The number of esters is 1. The van der Waals surface area contributed by atoms with E-state index in [4.69, 9.17) is 4.74 Å². The van der Waals surface area contributed by atoms with Gasteiger partial charge in [-0.15, -0.1) is 11.3 Å². The summed E-state index contributed by atoms with van der Waals surface area (Å²) in [7, 11) is 0. The Morgan fingerprint density at radius 1 is 1.14 bits per heavy atom. The molecule has 0 aliphatic heterocycles. The molecule has 1 aromatic heterocycles. The van der Waals surface area contributed by atoms with Crippen LogP contribution in [0.25, 0.3) is 10.6 Å². The molecule has 1 amide bonds. The van der Waals surface area contributed by atoms with E-state index in [1.54, 1.807) is 6.92 Å². The lowest BCUT2D eigenvalue weighted by Gasteiger charge is -2.26. The van der Waals surface area contributed by atoms with Crippen molar-refractivity contribution in [1.29, 1.82) is 0 Å². The van der Waals surface area contributed by atoms with Crippen LogP contribution in [0.5, 0.6) is 0 Å². The van der Waals surface area contributed by atoms with Crippen LogP contribution in [0, 0.1) is 6.92 Å². The maximum Gasteiger partial charge on any atom is 0.350 e. The Morgan fingerprint density at radius 2 is 1.90 bits per heavy atom. The van der Waals surface area contributed by atoms with Gasteiger partial charge in [0.05, 0.1) is 11.7 Å². The number of hydrogen-bond acceptors (Lipinski definition) is 5. The van der Waals surface area contributed by atoms with Gasteiger partial charge in [-0.1, -0.05) is 54.6 Å². The first kappa shape index (κ1) is 19.3. The number of thiazole rings is 1. The fourth-order valence-electron chi connectivity index (χ4n) is 3.63. The van der Waals surface area contributed by atoms with Crippen molar-refractivity contribution in [3.05, 3.63) is 76.3 Å². The third kappa shape index (κ3) is 4.38. The number of ether oxygens (including phenoxy) is 1. The first-order valence-corrected chi connectivity index (χ1v) is 10.5. The predicted molar refractivity (Wildman–Crippen MR) is 113 cm³/mol. The molecule has 0 saturated heterocycles. The molecule has 0 radical (unpaired) electrons. The summed E-state index contributed by atoms with van der Waals surface area (Å²) in [6, 6.07) is 17.8. The smallest absolute Gasteiger partial charge is 0.350 e. The fourth-order valence-corrected chi connectivity index (χ4v) is 4.59. The zero-order chi connectivity index (χ0) is 20.2. The topological polar surface area (TPSA) is 68.3 Å². The molecule has 0 spiro atoms. The van der Waals surface area contributed by atoms with Crippen LogP contribution >= 0.6 is 11.3 Å². The minimum Gasteiger partial charge on any atom is -0.451 e. The van der Waals surface area contributed by atoms with Crippen molar-refractivity contribution in [3.8, 4) is 10.6 Å². The van der Waals surface area contributed by atoms with E-state index in [0.29, 0.717) is 10.6 Å². The van der Waals surface area contributed by atoms with Gasteiger partial charge in [-0.05, 0) is 37.3 Å². The van der Waals surface area contributed by atoms with Gasteiger partial charge in [-0.25, -0.2) is 9.78 Å². The molecule has 0 saturated carbocycles. The number of fused-ring (bicyclic) bond motifs is 1. The van der Waals surface area contributed by atoms with Crippen LogP contribution in [0.2, 0.25) is 0 Å². The summed E-state index contributed by atoms with van der Waals surface area (Å²) in [5.74, 6) is -0.799. The third-order valence-electron chi connectivity index (χ3n) is 5.04. The van der Waals surface area contributed by atoms with E-state index in [0.717, 1.165) is 35.4 Å². The molecular weight excluding hydrogens is 384 g/mol. The van der Waals surface area contributed by atoms with Crippen LogP contribution in [0.4, 0.5) is 0 Å². The summed E-state index contributed by atoms with van der Waals surface area (Å²) in [5, 5.41) is 3.76. The van der Waals surface area contributed by atoms with Crippen molar-refractivity contribution in [3.63, 3.8) is 0 Å². The quantitative estimate of drug-likeness (QED) is 0.635. The molecule has 4 rings (SSSR count). The number of aryl methyl sites for hydroxylation is 2.